The van der Waals surface area contributed by atoms with Gasteiger partial charge in [0.2, 0.25) is 0 Å². The zero-order chi connectivity index (χ0) is 18.2. The van der Waals surface area contributed by atoms with E-state index in [0.717, 1.165) is 15.6 Å². The van der Waals surface area contributed by atoms with Crippen molar-refractivity contribution < 1.29 is 19.1 Å². The van der Waals surface area contributed by atoms with Gasteiger partial charge in [-0.1, -0.05) is 46.3 Å². The first-order valence-electron chi connectivity index (χ1n) is 7.79. The number of nitrogens with one attached hydrogen (secondary N) is 1. The fourth-order valence-electron chi connectivity index (χ4n) is 2.43. The van der Waals surface area contributed by atoms with E-state index in [-0.39, 0.29) is 5.91 Å². The lowest BCUT2D eigenvalue weighted by Crippen LogP contribution is -2.42. The molecule has 132 valence electrons. The number of carbonyl (C=O) groups is 2. The van der Waals surface area contributed by atoms with Crippen LogP contribution in [0.2, 0.25) is 0 Å². The largest absolute Gasteiger partial charge is 0.467 e. The van der Waals surface area contributed by atoms with Gasteiger partial charge in [0.05, 0.1) is 7.11 Å². The summed E-state index contributed by atoms with van der Waals surface area (Å²) in [5.41, 5.74) is 2.18. The second-order valence-electron chi connectivity index (χ2n) is 5.39. The van der Waals surface area contributed by atoms with Gasteiger partial charge in [0, 0.05) is 30.2 Å². The molecular formula is C19H20BrNO4. The molecule has 0 aliphatic carbocycles. The van der Waals surface area contributed by atoms with Gasteiger partial charge in [-0.05, 0) is 29.3 Å². The Morgan fingerprint density at radius 2 is 1.84 bits per heavy atom. The molecule has 0 saturated carbocycles. The molecule has 1 amide bonds. The number of esters is 1. The van der Waals surface area contributed by atoms with Crippen molar-refractivity contribution in [1.29, 1.82) is 0 Å². The molecule has 0 saturated heterocycles. The summed E-state index contributed by atoms with van der Waals surface area (Å²) in [6.07, 6.45) is 0.339. The molecule has 0 bridgehead atoms. The summed E-state index contributed by atoms with van der Waals surface area (Å²) in [6, 6.07) is 14.2. The summed E-state index contributed by atoms with van der Waals surface area (Å²) in [4.78, 5) is 24.7. The highest BCUT2D eigenvalue weighted by molar-refractivity contribution is 9.10. The maximum Gasteiger partial charge on any atom is 0.328 e. The Kier molecular flexibility index (Phi) is 7.16. The van der Waals surface area contributed by atoms with Gasteiger partial charge in [0.25, 0.3) is 5.91 Å². The number of methoxy groups -OCH3 is 2. The highest BCUT2D eigenvalue weighted by Gasteiger charge is 2.23. The van der Waals surface area contributed by atoms with E-state index in [1.54, 1.807) is 19.2 Å². The molecule has 0 fully saturated rings. The standard InChI is InChI=1S/C19H20BrNO4/c1-24-11-10-17(19(23)25-2)21-18(22)15-9-8-14(20)12-16(15)13-6-4-3-5-7-13/h3-9,12,17H,10-11H2,1-2H3,(H,21,22)/t17-/m0/s1. The lowest BCUT2D eigenvalue weighted by atomic mass is 9.99. The number of amides is 1. The van der Waals surface area contributed by atoms with Crippen LogP contribution in [0.5, 0.6) is 0 Å². The summed E-state index contributed by atoms with van der Waals surface area (Å²) < 4.78 is 10.6. The summed E-state index contributed by atoms with van der Waals surface area (Å²) in [5, 5.41) is 2.74. The second kappa shape index (κ2) is 9.34. The predicted molar refractivity (Wildman–Crippen MR) is 99.3 cm³/mol. The maximum atomic E-state index is 12.8. The van der Waals surface area contributed by atoms with Crippen LogP contribution in [0.1, 0.15) is 16.8 Å². The Bertz CT molecular complexity index is 733. The Hall–Kier alpha value is -2.18. The minimum Gasteiger partial charge on any atom is -0.467 e. The minimum absolute atomic E-state index is 0.335. The fourth-order valence-corrected chi connectivity index (χ4v) is 2.80. The second-order valence-corrected chi connectivity index (χ2v) is 6.30. The molecule has 2 rings (SSSR count). The van der Waals surface area contributed by atoms with Crippen molar-refractivity contribution in [3.05, 3.63) is 58.6 Å². The van der Waals surface area contributed by atoms with Crippen LogP contribution in [0.25, 0.3) is 11.1 Å². The monoisotopic (exact) mass is 405 g/mol. The van der Waals surface area contributed by atoms with Gasteiger partial charge in [-0.25, -0.2) is 4.79 Å². The molecule has 0 heterocycles. The summed E-state index contributed by atoms with van der Waals surface area (Å²) in [5.74, 6) is -0.832. The molecule has 0 aliphatic rings. The summed E-state index contributed by atoms with van der Waals surface area (Å²) in [6.45, 7) is 0.339. The first-order valence-corrected chi connectivity index (χ1v) is 8.58. The van der Waals surface area contributed by atoms with E-state index in [2.05, 4.69) is 21.2 Å². The molecular weight excluding hydrogens is 386 g/mol. The Morgan fingerprint density at radius 3 is 2.48 bits per heavy atom. The van der Waals surface area contributed by atoms with Crippen molar-refractivity contribution in [2.75, 3.05) is 20.8 Å². The van der Waals surface area contributed by atoms with Crippen molar-refractivity contribution in [2.45, 2.75) is 12.5 Å². The van der Waals surface area contributed by atoms with Crippen molar-refractivity contribution in [1.82, 2.24) is 5.32 Å². The van der Waals surface area contributed by atoms with Gasteiger partial charge in [-0.3, -0.25) is 4.79 Å². The Labute approximate surface area is 155 Å². The number of ether oxygens (including phenoxy) is 2. The van der Waals surface area contributed by atoms with E-state index in [9.17, 15) is 9.59 Å². The zero-order valence-electron chi connectivity index (χ0n) is 14.1. The lowest BCUT2D eigenvalue weighted by molar-refractivity contribution is -0.143. The van der Waals surface area contributed by atoms with Crippen LogP contribution in [-0.4, -0.2) is 38.7 Å². The minimum atomic E-state index is -0.760. The van der Waals surface area contributed by atoms with Gasteiger partial charge < -0.3 is 14.8 Å². The summed E-state index contributed by atoms with van der Waals surface area (Å²) >= 11 is 3.44. The Balaban J connectivity index is 2.30. The predicted octanol–water partition coefficient (Wildman–Crippen LogP) is 3.42. The van der Waals surface area contributed by atoms with E-state index in [1.165, 1.54) is 7.11 Å². The van der Waals surface area contributed by atoms with Crippen LogP contribution in [0.3, 0.4) is 0 Å². The van der Waals surface area contributed by atoms with E-state index >= 15 is 0 Å². The number of hydrogen-bond acceptors (Lipinski definition) is 4. The normalized spacial score (nSPS) is 11.6. The number of rotatable bonds is 7. The average molecular weight is 406 g/mol. The third-order valence-corrected chi connectivity index (χ3v) is 4.21. The van der Waals surface area contributed by atoms with Crippen LogP contribution in [0, 0.1) is 0 Å². The molecule has 2 aromatic carbocycles. The molecule has 6 heteroatoms. The molecule has 25 heavy (non-hydrogen) atoms. The third kappa shape index (κ3) is 5.14. The van der Waals surface area contributed by atoms with Gasteiger partial charge in [-0.15, -0.1) is 0 Å². The van der Waals surface area contributed by atoms with Gasteiger partial charge >= 0.3 is 5.97 Å². The van der Waals surface area contributed by atoms with E-state index in [0.29, 0.717) is 18.6 Å². The third-order valence-electron chi connectivity index (χ3n) is 3.71. The quantitative estimate of drug-likeness (QED) is 0.716. The summed E-state index contributed by atoms with van der Waals surface area (Å²) in [7, 11) is 2.84. The molecule has 0 spiro atoms. The van der Waals surface area contributed by atoms with Crippen LogP contribution < -0.4 is 5.32 Å². The smallest absolute Gasteiger partial charge is 0.328 e. The number of benzene rings is 2. The van der Waals surface area contributed by atoms with Crippen LogP contribution in [0.15, 0.2) is 53.0 Å². The van der Waals surface area contributed by atoms with E-state index in [4.69, 9.17) is 9.47 Å². The van der Waals surface area contributed by atoms with E-state index in [1.807, 2.05) is 36.4 Å². The SMILES string of the molecule is COCC[C@H](NC(=O)c1ccc(Br)cc1-c1ccccc1)C(=O)OC. The molecule has 0 radical (unpaired) electrons. The molecule has 5 nitrogen and oxygen atoms in total. The fraction of sp³-hybridized carbons (Fsp3) is 0.263. The number of hydrogen-bond donors (Lipinski definition) is 1. The topological polar surface area (TPSA) is 64.6 Å². The number of halogens is 1. The number of carbonyl (C=O) groups excluding carboxylic acids is 2. The highest BCUT2D eigenvalue weighted by Crippen LogP contribution is 2.27. The lowest BCUT2D eigenvalue weighted by Gasteiger charge is -2.17. The van der Waals surface area contributed by atoms with Gasteiger partial charge in [-0.2, -0.15) is 0 Å². The van der Waals surface area contributed by atoms with Crippen molar-refractivity contribution in [3.8, 4) is 11.1 Å². The molecule has 0 unspecified atom stereocenters. The highest BCUT2D eigenvalue weighted by atomic mass is 79.9. The van der Waals surface area contributed by atoms with Gasteiger partial charge in [0.1, 0.15) is 6.04 Å². The molecule has 0 aliphatic heterocycles. The average Bonchev–Trinajstić information content (AvgIpc) is 2.64. The molecule has 1 N–H and O–H groups in total. The molecule has 2 aromatic rings. The van der Waals surface area contributed by atoms with Crippen LogP contribution in [0.4, 0.5) is 0 Å². The van der Waals surface area contributed by atoms with E-state index < -0.39 is 12.0 Å². The first-order chi connectivity index (χ1) is 12.1. The molecule has 1 atom stereocenters. The van der Waals surface area contributed by atoms with Crippen LogP contribution in [-0.2, 0) is 14.3 Å². The molecule has 0 aromatic heterocycles. The van der Waals surface area contributed by atoms with Crippen molar-refractivity contribution in [2.24, 2.45) is 0 Å². The maximum absolute atomic E-state index is 12.8. The van der Waals surface area contributed by atoms with Crippen LogP contribution >= 0.6 is 15.9 Å². The first kappa shape index (κ1) is 19.1. The van der Waals surface area contributed by atoms with Crippen molar-refractivity contribution >= 4 is 27.8 Å². The van der Waals surface area contributed by atoms with Gasteiger partial charge in [0.15, 0.2) is 0 Å². The Morgan fingerprint density at radius 1 is 1.12 bits per heavy atom. The van der Waals surface area contributed by atoms with Crippen molar-refractivity contribution in [3.63, 3.8) is 0 Å². The zero-order valence-corrected chi connectivity index (χ0v) is 15.7.